The minimum atomic E-state index is -1.10. The van der Waals surface area contributed by atoms with Gasteiger partial charge >= 0.3 is 6.09 Å². The fourth-order valence-electron chi connectivity index (χ4n) is 2.49. The van der Waals surface area contributed by atoms with E-state index in [0.29, 0.717) is 11.1 Å². The third-order valence-corrected chi connectivity index (χ3v) is 4.05. The Morgan fingerprint density at radius 2 is 1.92 bits per heavy atom. The Hall–Kier alpha value is -2.70. The molecule has 2 rings (SSSR count). The van der Waals surface area contributed by atoms with Crippen LogP contribution in [0.25, 0.3) is 0 Å². The van der Waals surface area contributed by atoms with Crippen molar-refractivity contribution in [3.63, 3.8) is 0 Å². The molecule has 6 nitrogen and oxygen atoms in total. The molecule has 1 amide bonds. The molecule has 3 N–H and O–H groups in total. The van der Waals surface area contributed by atoms with Gasteiger partial charge in [-0.1, -0.05) is 48.5 Å². The second kappa shape index (κ2) is 9.70. The van der Waals surface area contributed by atoms with Gasteiger partial charge in [-0.05, 0) is 30.0 Å². The number of benzene rings is 2. The summed E-state index contributed by atoms with van der Waals surface area (Å²) in [6.07, 6.45) is -1.83. The number of amides is 1. The topological polar surface area (TPSA) is 95.9 Å². The number of carbonyl (C=O) groups excluding carboxylic acids is 2. The highest BCUT2D eigenvalue weighted by molar-refractivity contribution is 5.77. The van der Waals surface area contributed by atoms with Gasteiger partial charge in [0.2, 0.25) is 0 Å². The number of carbonyl (C=O) groups is 2. The first-order valence-corrected chi connectivity index (χ1v) is 8.37. The Morgan fingerprint density at radius 1 is 1.19 bits per heavy atom. The summed E-state index contributed by atoms with van der Waals surface area (Å²) in [5.74, 6) is 0. The number of aliphatic hydroxyl groups is 2. The van der Waals surface area contributed by atoms with Crippen molar-refractivity contribution in [3.05, 3.63) is 70.8 Å². The molecule has 2 aromatic carbocycles. The molecule has 0 aliphatic rings. The largest absolute Gasteiger partial charge is 0.445 e. The molecule has 0 bridgehead atoms. The Labute approximate surface area is 152 Å². The van der Waals surface area contributed by atoms with Crippen LogP contribution in [0, 0.1) is 6.92 Å². The lowest BCUT2D eigenvalue weighted by Gasteiger charge is -2.19. The number of ether oxygens (including phenoxy) is 1. The summed E-state index contributed by atoms with van der Waals surface area (Å²) in [4.78, 5) is 22.5. The second-order valence-corrected chi connectivity index (χ2v) is 6.02. The molecular formula is C20H23NO5. The van der Waals surface area contributed by atoms with E-state index in [0.717, 1.165) is 17.4 Å². The molecule has 0 saturated carbocycles. The van der Waals surface area contributed by atoms with Gasteiger partial charge in [-0.2, -0.15) is 0 Å². The molecule has 0 aromatic heterocycles. The maximum Gasteiger partial charge on any atom is 0.407 e. The highest BCUT2D eigenvalue weighted by Crippen LogP contribution is 2.21. The van der Waals surface area contributed by atoms with Crippen molar-refractivity contribution in [2.75, 3.05) is 6.54 Å². The molecule has 0 saturated heterocycles. The van der Waals surface area contributed by atoms with Crippen LogP contribution in [0.5, 0.6) is 0 Å². The number of aryl methyl sites for hydroxylation is 1. The molecule has 0 spiro atoms. The SMILES string of the molecule is Cc1cc(C(O)C(O)CCNC(=O)OCc2ccccc2)ccc1C=O. The fourth-order valence-corrected chi connectivity index (χ4v) is 2.49. The number of hydrogen-bond acceptors (Lipinski definition) is 5. The van der Waals surface area contributed by atoms with Crippen LogP contribution in [0.1, 0.15) is 39.6 Å². The second-order valence-electron chi connectivity index (χ2n) is 6.02. The van der Waals surface area contributed by atoms with Gasteiger partial charge in [-0.25, -0.2) is 4.79 Å². The van der Waals surface area contributed by atoms with Gasteiger partial charge in [-0.3, -0.25) is 4.79 Å². The van der Waals surface area contributed by atoms with Crippen LogP contribution in [-0.4, -0.2) is 35.2 Å². The Kier molecular flexibility index (Phi) is 7.32. The third-order valence-electron chi connectivity index (χ3n) is 4.05. The molecule has 0 radical (unpaired) electrons. The van der Waals surface area contributed by atoms with Crippen LogP contribution in [0.4, 0.5) is 4.79 Å². The predicted octanol–water partition coefficient (Wildman–Crippen LogP) is 2.52. The molecule has 2 atom stereocenters. The van der Waals surface area contributed by atoms with Crippen molar-refractivity contribution in [1.82, 2.24) is 5.32 Å². The fraction of sp³-hybridized carbons (Fsp3) is 0.300. The third kappa shape index (κ3) is 5.68. The minimum absolute atomic E-state index is 0.163. The molecule has 0 aliphatic carbocycles. The van der Waals surface area contributed by atoms with Crippen molar-refractivity contribution in [1.29, 1.82) is 0 Å². The molecular weight excluding hydrogens is 334 g/mol. The molecule has 0 aliphatic heterocycles. The van der Waals surface area contributed by atoms with Gasteiger partial charge in [0.05, 0.1) is 6.10 Å². The van der Waals surface area contributed by atoms with Crippen LogP contribution in [0.2, 0.25) is 0 Å². The molecule has 0 fully saturated rings. The number of alkyl carbamates (subject to hydrolysis) is 1. The lowest BCUT2D eigenvalue weighted by molar-refractivity contribution is 0.0136. The van der Waals surface area contributed by atoms with Crippen molar-refractivity contribution < 1.29 is 24.5 Å². The maximum atomic E-state index is 11.6. The van der Waals surface area contributed by atoms with E-state index in [1.54, 1.807) is 25.1 Å². The molecule has 2 aromatic rings. The highest BCUT2D eigenvalue weighted by Gasteiger charge is 2.19. The molecule has 6 heteroatoms. The van der Waals surface area contributed by atoms with Gasteiger partial charge < -0.3 is 20.3 Å². The summed E-state index contributed by atoms with van der Waals surface area (Å²) in [6, 6.07) is 14.2. The number of aldehydes is 1. The smallest absolute Gasteiger partial charge is 0.407 e. The zero-order valence-electron chi connectivity index (χ0n) is 14.6. The minimum Gasteiger partial charge on any atom is -0.445 e. The normalized spacial score (nSPS) is 12.9. The van der Waals surface area contributed by atoms with Crippen LogP contribution in [0.3, 0.4) is 0 Å². The quantitative estimate of drug-likeness (QED) is 0.631. The van der Waals surface area contributed by atoms with E-state index in [1.807, 2.05) is 30.3 Å². The first kappa shape index (κ1) is 19.6. The van der Waals surface area contributed by atoms with E-state index in [2.05, 4.69) is 5.32 Å². The van der Waals surface area contributed by atoms with E-state index >= 15 is 0 Å². The molecule has 138 valence electrons. The van der Waals surface area contributed by atoms with Crippen LogP contribution in [-0.2, 0) is 11.3 Å². The summed E-state index contributed by atoms with van der Waals surface area (Å²) in [5, 5.41) is 22.9. The highest BCUT2D eigenvalue weighted by atomic mass is 16.5. The predicted molar refractivity (Wildman–Crippen MR) is 96.8 cm³/mol. The van der Waals surface area contributed by atoms with Crippen LogP contribution >= 0.6 is 0 Å². The summed E-state index contributed by atoms with van der Waals surface area (Å²) in [7, 11) is 0. The average molecular weight is 357 g/mol. The van der Waals surface area contributed by atoms with Crippen LogP contribution in [0.15, 0.2) is 48.5 Å². The summed E-state index contributed by atoms with van der Waals surface area (Å²) in [5.41, 5.74) is 2.67. The van der Waals surface area contributed by atoms with Gasteiger partial charge in [0.1, 0.15) is 19.0 Å². The summed E-state index contributed by atoms with van der Waals surface area (Å²) < 4.78 is 5.07. The summed E-state index contributed by atoms with van der Waals surface area (Å²) >= 11 is 0. The molecule has 0 heterocycles. The number of nitrogens with one attached hydrogen (secondary N) is 1. The van der Waals surface area contributed by atoms with Gasteiger partial charge in [0, 0.05) is 12.1 Å². The van der Waals surface area contributed by atoms with Gasteiger partial charge in [0.15, 0.2) is 0 Å². The number of rotatable bonds is 8. The Bertz CT molecular complexity index is 732. The number of aliphatic hydroxyl groups excluding tert-OH is 2. The van der Waals surface area contributed by atoms with Crippen molar-refractivity contribution in [2.45, 2.75) is 32.2 Å². The zero-order chi connectivity index (χ0) is 18.9. The first-order chi connectivity index (χ1) is 12.5. The Balaban J connectivity index is 1.75. The van der Waals surface area contributed by atoms with Crippen LogP contribution < -0.4 is 5.32 Å². The lowest BCUT2D eigenvalue weighted by atomic mass is 9.98. The van der Waals surface area contributed by atoms with E-state index in [4.69, 9.17) is 4.74 Å². The first-order valence-electron chi connectivity index (χ1n) is 8.37. The molecule has 26 heavy (non-hydrogen) atoms. The maximum absolute atomic E-state index is 11.6. The van der Waals surface area contributed by atoms with Gasteiger partial charge in [-0.15, -0.1) is 0 Å². The zero-order valence-corrected chi connectivity index (χ0v) is 14.6. The van der Waals surface area contributed by atoms with E-state index in [9.17, 15) is 19.8 Å². The Morgan fingerprint density at radius 3 is 2.58 bits per heavy atom. The van der Waals surface area contributed by atoms with Crippen molar-refractivity contribution >= 4 is 12.4 Å². The van der Waals surface area contributed by atoms with Gasteiger partial charge in [0.25, 0.3) is 0 Å². The average Bonchev–Trinajstić information content (AvgIpc) is 2.66. The monoisotopic (exact) mass is 357 g/mol. The van der Waals surface area contributed by atoms with Crippen molar-refractivity contribution in [2.24, 2.45) is 0 Å². The van der Waals surface area contributed by atoms with E-state index in [-0.39, 0.29) is 19.6 Å². The number of hydrogen-bond donors (Lipinski definition) is 3. The molecule has 2 unspecified atom stereocenters. The standard InChI is InChI=1S/C20H23NO5/c1-14-11-16(7-8-17(14)12-22)19(24)18(23)9-10-21-20(25)26-13-15-5-3-2-4-6-15/h2-8,11-12,18-19,23-24H,9-10,13H2,1H3,(H,21,25). The lowest BCUT2D eigenvalue weighted by Crippen LogP contribution is -2.29. The van der Waals surface area contributed by atoms with E-state index < -0.39 is 18.3 Å². The summed E-state index contributed by atoms with van der Waals surface area (Å²) in [6.45, 7) is 2.09. The van der Waals surface area contributed by atoms with E-state index in [1.165, 1.54) is 0 Å². The van der Waals surface area contributed by atoms with Crippen molar-refractivity contribution in [3.8, 4) is 0 Å².